The third-order valence-electron chi connectivity index (χ3n) is 4.65. The number of carbonyl (C=O) groups excluding carboxylic acids is 1. The van der Waals surface area contributed by atoms with Crippen LogP contribution in [0.1, 0.15) is 12.7 Å². The van der Waals surface area contributed by atoms with Gasteiger partial charge < -0.3 is 24.8 Å². The third kappa shape index (κ3) is 2.66. The number of benzene rings is 2. The van der Waals surface area contributed by atoms with E-state index >= 15 is 0 Å². The van der Waals surface area contributed by atoms with Crippen LogP contribution in [0.25, 0.3) is 22.1 Å². The van der Waals surface area contributed by atoms with Crippen molar-refractivity contribution < 1.29 is 13.9 Å². The van der Waals surface area contributed by atoms with Gasteiger partial charge in [-0.3, -0.25) is 9.59 Å². The van der Waals surface area contributed by atoms with E-state index in [9.17, 15) is 9.59 Å². The number of hydrogen-bond acceptors (Lipinski definition) is 6. The SMILES string of the molecule is CC1Oc2ccc(NCc3nc4c(oc5ccccc54)c(=O)[nH]3)cc2NC1=O. The second kappa shape index (κ2) is 6.12. The van der Waals surface area contributed by atoms with Crippen LogP contribution in [0.5, 0.6) is 5.75 Å². The van der Waals surface area contributed by atoms with Gasteiger partial charge in [0.2, 0.25) is 5.58 Å². The molecule has 0 aliphatic carbocycles. The molecule has 1 unspecified atom stereocenters. The van der Waals surface area contributed by atoms with Gasteiger partial charge in [-0.05, 0) is 37.3 Å². The fraction of sp³-hybridized carbons (Fsp3) is 0.150. The summed E-state index contributed by atoms with van der Waals surface area (Å²) in [4.78, 5) is 31.4. The van der Waals surface area contributed by atoms with Gasteiger partial charge in [0.15, 0.2) is 6.10 Å². The molecule has 0 spiro atoms. The molecule has 1 aliphatic rings. The zero-order valence-corrected chi connectivity index (χ0v) is 14.9. The van der Waals surface area contributed by atoms with Crippen LogP contribution in [0.4, 0.5) is 11.4 Å². The molecule has 0 bridgehead atoms. The molecule has 4 aromatic rings. The number of para-hydroxylation sites is 1. The fourth-order valence-electron chi connectivity index (χ4n) is 3.24. The van der Waals surface area contributed by atoms with E-state index in [0.717, 1.165) is 11.1 Å². The highest BCUT2D eigenvalue weighted by Gasteiger charge is 2.23. The van der Waals surface area contributed by atoms with Crippen molar-refractivity contribution in [2.24, 2.45) is 0 Å². The minimum Gasteiger partial charge on any atom is -0.479 e. The summed E-state index contributed by atoms with van der Waals surface area (Å²) in [5.41, 5.74) is 2.42. The Morgan fingerprint density at radius 3 is 2.93 bits per heavy atom. The molecule has 0 fully saturated rings. The molecular weight excluding hydrogens is 360 g/mol. The van der Waals surface area contributed by atoms with Crippen molar-refractivity contribution in [2.75, 3.05) is 10.6 Å². The van der Waals surface area contributed by atoms with Crippen molar-refractivity contribution in [1.82, 2.24) is 9.97 Å². The monoisotopic (exact) mass is 376 g/mol. The summed E-state index contributed by atoms with van der Waals surface area (Å²) in [6.07, 6.45) is -0.517. The Kier molecular flexibility index (Phi) is 3.58. The average molecular weight is 376 g/mol. The van der Waals surface area contributed by atoms with Crippen LogP contribution >= 0.6 is 0 Å². The number of ether oxygens (including phenoxy) is 1. The van der Waals surface area contributed by atoms with E-state index in [1.807, 2.05) is 24.3 Å². The normalized spacial score (nSPS) is 15.9. The molecule has 1 atom stereocenters. The highest BCUT2D eigenvalue weighted by atomic mass is 16.5. The Morgan fingerprint density at radius 2 is 2.04 bits per heavy atom. The number of carbonyl (C=O) groups is 1. The van der Waals surface area contributed by atoms with E-state index in [0.29, 0.717) is 34.9 Å². The fourth-order valence-corrected chi connectivity index (χ4v) is 3.24. The average Bonchev–Trinajstić information content (AvgIpc) is 3.07. The topological polar surface area (TPSA) is 109 Å². The van der Waals surface area contributed by atoms with Crippen molar-refractivity contribution in [3.05, 3.63) is 58.6 Å². The summed E-state index contributed by atoms with van der Waals surface area (Å²) in [5.74, 6) is 0.916. The molecule has 0 saturated heterocycles. The van der Waals surface area contributed by atoms with Crippen molar-refractivity contribution >= 4 is 39.4 Å². The summed E-state index contributed by atoms with van der Waals surface area (Å²) in [7, 11) is 0. The molecule has 140 valence electrons. The largest absolute Gasteiger partial charge is 0.479 e. The predicted molar refractivity (Wildman–Crippen MR) is 105 cm³/mol. The van der Waals surface area contributed by atoms with Gasteiger partial charge in [-0.25, -0.2) is 4.98 Å². The van der Waals surface area contributed by atoms with Crippen LogP contribution in [0.2, 0.25) is 0 Å². The van der Waals surface area contributed by atoms with Crippen molar-refractivity contribution in [3.63, 3.8) is 0 Å². The lowest BCUT2D eigenvalue weighted by molar-refractivity contribution is -0.122. The quantitative estimate of drug-likeness (QED) is 0.507. The smallest absolute Gasteiger partial charge is 0.294 e. The number of amides is 1. The Hall–Kier alpha value is -3.81. The molecule has 1 aliphatic heterocycles. The molecule has 8 nitrogen and oxygen atoms in total. The standard InChI is InChI=1S/C20H16N4O4/c1-10-19(25)22-13-8-11(6-7-15(13)27-10)21-9-16-23-17-12-4-2-3-5-14(12)28-18(17)20(26)24-16/h2-8,10,21H,9H2,1H3,(H,22,25)(H,23,24,26). The number of aromatic nitrogens is 2. The lowest BCUT2D eigenvalue weighted by Crippen LogP contribution is -2.34. The first-order chi connectivity index (χ1) is 13.6. The van der Waals surface area contributed by atoms with E-state index < -0.39 is 6.10 Å². The number of hydrogen-bond donors (Lipinski definition) is 3. The first kappa shape index (κ1) is 16.4. The Morgan fingerprint density at radius 1 is 1.18 bits per heavy atom. The van der Waals surface area contributed by atoms with Crippen molar-refractivity contribution in [3.8, 4) is 5.75 Å². The second-order valence-electron chi connectivity index (χ2n) is 6.60. The molecule has 3 heterocycles. The van der Waals surface area contributed by atoms with Crippen LogP contribution in [-0.4, -0.2) is 22.0 Å². The predicted octanol–water partition coefficient (Wildman–Crippen LogP) is 3.00. The number of anilines is 2. The summed E-state index contributed by atoms with van der Waals surface area (Å²) >= 11 is 0. The molecule has 2 aromatic carbocycles. The minimum atomic E-state index is -0.517. The zero-order valence-electron chi connectivity index (χ0n) is 14.9. The molecule has 3 N–H and O–H groups in total. The van der Waals surface area contributed by atoms with E-state index in [1.165, 1.54) is 0 Å². The van der Waals surface area contributed by atoms with Crippen molar-refractivity contribution in [2.45, 2.75) is 19.6 Å². The lowest BCUT2D eigenvalue weighted by Gasteiger charge is -2.23. The maximum Gasteiger partial charge on any atom is 0.294 e. The first-order valence-corrected chi connectivity index (χ1v) is 8.84. The number of H-pyrrole nitrogens is 1. The van der Waals surface area contributed by atoms with Crippen LogP contribution in [0.15, 0.2) is 51.7 Å². The maximum absolute atomic E-state index is 12.4. The second-order valence-corrected chi connectivity index (χ2v) is 6.60. The molecule has 1 amide bonds. The molecule has 28 heavy (non-hydrogen) atoms. The highest BCUT2D eigenvalue weighted by Crippen LogP contribution is 2.32. The van der Waals surface area contributed by atoms with E-state index in [2.05, 4.69) is 20.6 Å². The van der Waals surface area contributed by atoms with Crippen LogP contribution in [0.3, 0.4) is 0 Å². The molecule has 5 rings (SSSR count). The van der Waals surface area contributed by atoms with E-state index in [-0.39, 0.29) is 17.0 Å². The Balaban J connectivity index is 1.43. The number of furan rings is 1. The molecule has 2 aromatic heterocycles. The van der Waals surface area contributed by atoms with Crippen LogP contribution < -0.4 is 20.9 Å². The number of aromatic amines is 1. The van der Waals surface area contributed by atoms with Gasteiger partial charge in [0.1, 0.15) is 22.7 Å². The number of rotatable bonds is 3. The van der Waals surface area contributed by atoms with Gasteiger partial charge in [0.05, 0.1) is 12.2 Å². The van der Waals surface area contributed by atoms with Gasteiger partial charge >= 0.3 is 0 Å². The highest BCUT2D eigenvalue weighted by molar-refractivity contribution is 6.01. The van der Waals surface area contributed by atoms with Crippen LogP contribution in [0, 0.1) is 0 Å². The van der Waals surface area contributed by atoms with E-state index in [1.54, 1.807) is 25.1 Å². The Bertz CT molecular complexity index is 1290. The van der Waals surface area contributed by atoms with Gasteiger partial charge in [-0.15, -0.1) is 0 Å². The van der Waals surface area contributed by atoms with E-state index in [4.69, 9.17) is 9.15 Å². The van der Waals surface area contributed by atoms with Gasteiger partial charge in [-0.2, -0.15) is 0 Å². The molecule has 8 heteroatoms. The zero-order chi connectivity index (χ0) is 19.3. The van der Waals surface area contributed by atoms with Gasteiger partial charge in [0.25, 0.3) is 11.5 Å². The van der Waals surface area contributed by atoms with Gasteiger partial charge in [0, 0.05) is 11.1 Å². The number of nitrogens with one attached hydrogen (secondary N) is 3. The molecule has 0 radical (unpaired) electrons. The summed E-state index contributed by atoms with van der Waals surface area (Å²) < 4.78 is 11.1. The van der Waals surface area contributed by atoms with Crippen LogP contribution in [-0.2, 0) is 11.3 Å². The number of fused-ring (bicyclic) bond motifs is 4. The third-order valence-corrected chi connectivity index (χ3v) is 4.65. The molecular formula is C20H16N4O4. The summed E-state index contributed by atoms with van der Waals surface area (Å²) in [6, 6.07) is 12.8. The summed E-state index contributed by atoms with van der Waals surface area (Å²) in [6.45, 7) is 2.00. The van der Waals surface area contributed by atoms with Gasteiger partial charge in [-0.1, -0.05) is 12.1 Å². The lowest BCUT2D eigenvalue weighted by atomic mass is 10.2. The maximum atomic E-state index is 12.4. The minimum absolute atomic E-state index is 0.187. The molecule has 0 saturated carbocycles. The number of nitrogens with zero attached hydrogens (tertiary/aromatic N) is 1. The van der Waals surface area contributed by atoms with Crippen molar-refractivity contribution in [1.29, 1.82) is 0 Å². The summed E-state index contributed by atoms with van der Waals surface area (Å²) in [5, 5.41) is 6.81. The first-order valence-electron chi connectivity index (χ1n) is 8.84. The Labute approximate surface area is 158 Å².